The van der Waals surface area contributed by atoms with Gasteiger partial charge < -0.3 is 10.0 Å². The highest BCUT2D eigenvalue weighted by molar-refractivity contribution is 4.96. The molecule has 0 unspecified atom stereocenters. The van der Waals surface area contributed by atoms with E-state index in [0.29, 0.717) is 0 Å². The largest absolute Gasteiger partial charge is 0.376 e. The fourth-order valence-electron chi connectivity index (χ4n) is 0.942. The van der Waals surface area contributed by atoms with Gasteiger partial charge in [0.25, 0.3) is 0 Å². The number of rotatable bonds is 4. The number of nitrogens with zero attached hydrogens (tertiary/aromatic N) is 1. The van der Waals surface area contributed by atoms with Gasteiger partial charge in [-0.3, -0.25) is 0 Å². The van der Waals surface area contributed by atoms with Crippen molar-refractivity contribution in [3.05, 3.63) is 24.9 Å². The predicted molar refractivity (Wildman–Crippen MR) is 52.6 cm³/mol. The number of allylic oxidation sites excluding steroid dienone is 2. The zero-order chi connectivity index (χ0) is 9.61. The topological polar surface area (TPSA) is 23.5 Å². The molecule has 0 fully saturated rings. The Hall–Kier alpha value is -0.760. The Morgan fingerprint density at radius 3 is 2.33 bits per heavy atom. The lowest BCUT2D eigenvalue weighted by Crippen LogP contribution is -2.29. The van der Waals surface area contributed by atoms with Crippen molar-refractivity contribution in [2.75, 3.05) is 13.3 Å². The molecular formula is C10H19NO. The third-order valence-electron chi connectivity index (χ3n) is 1.29. The zero-order valence-electron chi connectivity index (χ0n) is 8.25. The van der Waals surface area contributed by atoms with E-state index in [4.69, 9.17) is 5.11 Å². The molecule has 0 heterocycles. The van der Waals surface area contributed by atoms with E-state index in [2.05, 4.69) is 27.4 Å². The molecule has 0 atom stereocenters. The molecule has 12 heavy (non-hydrogen) atoms. The van der Waals surface area contributed by atoms with Crippen LogP contribution in [0.1, 0.15) is 20.8 Å². The lowest BCUT2D eigenvalue weighted by atomic mass is 9.96. The van der Waals surface area contributed by atoms with Crippen molar-refractivity contribution in [3.63, 3.8) is 0 Å². The van der Waals surface area contributed by atoms with Crippen molar-refractivity contribution in [2.45, 2.75) is 20.8 Å². The predicted octanol–water partition coefficient (Wildman–Crippen LogP) is 1.98. The maximum atomic E-state index is 8.96. The monoisotopic (exact) mass is 169 g/mol. The van der Waals surface area contributed by atoms with Crippen LogP contribution in [0.4, 0.5) is 0 Å². The van der Waals surface area contributed by atoms with Crippen LogP contribution in [-0.2, 0) is 0 Å². The summed E-state index contributed by atoms with van der Waals surface area (Å²) >= 11 is 0. The molecule has 0 amide bonds. The maximum Gasteiger partial charge on any atom is 0.115 e. The molecule has 2 heteroatoms. The highest BCUT2D eigenvalue weighted by Crippen LogP contribution is 2.14. The van der Waals surface area contributed by atoms with Crippen molar-refractivity contribution in [1.82, 2.24) is 4.90 Å². The van der Waals surface area contributed by atoms with Crippen LogP contribution in [0.15, 0.2) is 24.9 Å². The van der Waals surface area contributed by atoms with Gasteiger partial charge in [0.2, 0.25) is 0 Å². The van der Waals surface area contributed by atoms with Crippen LogP contribution in [-0.4, -0.2) is 23.3 Å². The van der Waals surface area contributed by atoms with Gasteiger partial charge in [0, 0.05) is 12.7 Å². The van der Waals surface area contributed by atoms with Crippen LogP contribution in [0, 0.1) is 5.41 Å². The summed E-state index contributed by atoms with van der Waals surface area (Å²) in [6, 6.07) is 0. The normalized spacial score (nSPS) is 12.0. The Bertz CT molecular complexity index is 156. The summed E-state index contributed by atoms with van der Waals surface area (Å²) in [5.74, 6) is 0. The minimum Gasteiger partial charge on any atom is -0.376 e. The molecular weight excluding hydrogens is 150 g/mol. The minimum absolute atomic E-state index is 0.0572. The van der Waals surface area contributed by atoms with Gasteiger partial charge in [0.1, 0.15) is 6.73 Å². The molecule has 0 spiro atoms. The molecule has 1 N–H and O–H groups in total. The number of aliphatic hydroxyl groups is 1. The van der Waals surface area contributed by atoms with Crippen molar-refractivity contribution < 1.29 is 5.11 Å². The van der Waals surface area contributed by atoms with Crippen LogP contribution in [0.25, 0.3) is 0 Å². The molecule has 0 aromatic carbocycles. The third kappa shape index (κ3) is 5.98. The molecule has 70 valence electrons. The quantitative estimate of drug-likeness (QED) is 0.514. The first-order chi connectivity index (χ1) is 5.49. The van der Waals surface area contributed by atoms with Crippen molar-refractivity contribution in [2.24, 2.45) is 5.41 Å². The van der Waals surface area contributed by atoms with Gasteiger partial charge in [-0.1, -0.05) is 33.4 Å². The SMILES string of the molecule is C=C/C=C/N(CO)CC(C)(C)C. The number of aliphatic hydroxyl groups excluding tert-OH is 1. The molecule has 0 bridgehead atoms. The fourth-order valence-corrected chi connectivity index (χ4v) is 0.942. The first-order valence-electron chi connectivity index (χ1n) is 4.14. The summed E-state index contributed by atoms with van der Waals surface area (Å²) in [5, 5.41) is 8.96. The molecule has 0 saturated carbocycles. The molecule has 0 aromatic heterocycles. The van der Waals surface area contributed by atoms with E-state index in [1.165, 1.54) is 0 Å². The second-order valence-electron chi connectivity index (χ2n) is 4.03. The van der Waals surface area contributed by atoms with Crippen molar-refractivity contribution in [3.8, 4) is 0 Å². The third-order valence-corrected chi connectivity index (χ3v) is 1.29. The number of hydrogen-bond acceptors (Lipinski definition) is 2. The Labute approximate surface area is 75.2 Å². The number of hydrogen-bond donors (Lipinski definition) is 1. The zero-order valence-corrected chi connectivity index (χ0v) is 8.25. The van der Waals surface area contributed by atoms with Crippen LogP contribution in [0.3, 0.4) is 0 Å². The summed E-state index contributed by atoms with van der Waals surface area (Å²) in [6.07, 6.45) is 5.37. The van der Waals surface area contributed by atoms with E-state index in [9.17, 15) is 0 Å². The Morgan fingerprint density at radius 1 is 1.42 bits per heavy atom. The molecule has 0 aliphatic rings. The Morgan fingerprint density at radius 2 is 2.00 bits per heavy atom. The summed E-state index contributed by atoms with van der Waals surface area (Å²) in [4.78, 5) is 1.85. The molecule has 0 aliphatic carbocycles. The van der Waals surface area contributed by atoms with E-state index in [1.54, 1.807) is 6.08 Å². The second kappa shape index (κ2) is 4.99. The van der Waals surface area contributed by atoms with Gasteiger partial charge in [0.15, 0.2) is 0 Å². The van der Waals surface area contributed by atoms with Gasteiger partial charge in [-0.25, -0.2) is 0 Å². The first-order valence-corrected chi connectivity index (χ1v) is 4.14. The van der Waals surface area contributed by atoms with Gasteiger partial charge in [-0.05, 0) is 11.5 Å². The van der Waals surface area contributed by atoms with E-state index < -0.39 is 0 Å². The standard InChI is InChI=1S/C10H19NO/c1-5-6-7-11(9-12)8-10(2,3)4/h5-7,12H,1,8-9H2,2-4H3/b7-6+. The average molecular weight is 169 g/mol. The van der Waals surface area contributed by atoms with E-state index >= 15 is 0 Å². The van der Waals surface area contributed by atoms with Gasteiger partial charge >= 0.3 is 0 Å². The molecule has 0 aliphatic heterocycles. The second-order valence-corrected chi connectivity index (χ2v) is 4.03. The molecule has 0 rings (SSSR count). The van der Waals surface area contributed by atoms with Crippen molar-refractivity contribution in [1.29, 1.82) is 0 Å². The summed E-state index contributed by atoms with van der Waals surface area (Å²) in [5.41, 5.74) is 0.203. The van der Waals surface area contributed by atoms with Gasteiger partial charge in [0.05, 0.1) is 0 Å². The minimum atomic E-state index is 0.0572. The molecule has 0 aromatic rings. The summed E-state index contributed by atoms with van der Waals surface area (Å²) in [6.45, 7) is 10.9. The fraction of sp³-hybridized carbons (Fsp3) is 0.600. The molecule has 0 radical (unpaired) electrons. The lowest BCUT2D eigenvalue weighted by molar-refractivity contribution is 0.118. The van der Waals surface area contributed by atoms with Crippen LogP contribution < -0.4 is 0 Å². The molecule has 0 saturated heterocycles. The lowest BCUT2D eigenvalue weighted by Gasteiger charge is -2.26. The highest BCUT2D eigenvalue weighted by atomic mass is 16.3. The Balaban J connectivity index is 3.99. The first kappa shape index (κ1) is 11.2. The van der Waals surface area contributed by atoms with Gasteiger partial charge in [-0.2, -0.15) is 0 Å². The van der Waals surface area contributed by atoms with Crippen LogP contribution in [0.2, 0.25) is 0 Å². The van der Waals surface area contributed by atoms with E-state index in [0.717, 1.165) is 6.54 Å². The maximum absolute atomic E-state index is 8.96. The van der Waals surface area contributed by atoms with Gasteiger partial charge in [-0.15, -0.1) is 0 Å². The van der Waals surface area contributed by atoms with Crippen LogP contribution in [0.5, 0.6) is 0 Å². The van der Waals surface area contributed by atoms with Crippen molar-refractivity contribution >= 4 is 0 Å². The van der Waals surface area contributed by atoms with Crippen LogP contribution >= 0.6 is 0 Å². The summed E-state index contributed by atoms with van der Waals surface area (Å²) in [7, 11) is 0. The average Bonchev–Trinajstić information content (AvgIpc) is 1.95. The molecule has 2 nitrogen and oxygen atoms in total. The summed E-state index contributed by atoms with van der Waals surface area (Å²) < 4.78 is 0. The highest BCUT2D eigenvalue weighted by Gasteiger charge is 2.12. The van der Waals surface area contributed by atoms with E-state index in [-0.39, 0.29) is 12.1 Å². The van der Waals surface area contributed by atoms with E-state index in [1.807, 2.05) is 17.2 Å². The Kier molecular flexibility index (Phi) is 4.67. The smallest absolute Gasteiger partial charge is 0.115 e.